The quantitative estimate of drug-likeness (QED) is 0.816. The fourth-order valence-electron chi connectivity index (χ4n) is 4.14. The van der Waals surface area contributed by atoms with Crippen LogP contribution in [0.2, 0.25) is 0 Å². The zero-order chi connectivity index (χ0) is 19.7. The van der Waals surface area contributed by atoms with Crippen molar-refractivity contribution < 1.29 is 14.3 Å². The summed E-state index contributed by atoms with van der Waals surface area (Å²) < 4.78 is 13.3. The molecule has 1 saturated heterocycles. The van der Waals surface area contributed by atoms with Gasteiger partial charge in [-0.15, -0.1) is 0 Å². The molecule has 1 aromatic carbocycles. The summed E-state index contributed by atoms with van der Waals surface area (Å²) in [6.45, 7) is 4.08. The Hall–Kier alpha value is -2.40. The van der Waals surface area contributed by atoms with E-state index in [1.807, 2.05) is 25.3 Å². The molecule has 4 rings (SSSR count). The number of hydrogen-bond acceptors (Lipinski definition) is 4. The number of Topliss-reactive ketones (excluding diaryl/α,β-unsaturated/α-hetero) is 1. The second-order valence-corrected chi connectivity index (χ2v) is 8.02. The Balaban J connectivity index is 1.70. The fourth-order valence-corrected chi connectivity index (χ4v) is 4.14. The first-order chi connectivity index (χ1) is 13.5. The highest BCUT2D eigenvalue weighted by Crippen LogP contribution is 2.35. The first kappa shape index (κ1) is 18.9. The van der Waals surface area contributed by atoms with Gasteiger partial charge in [-0.1, -0.05) is 6.07 Å². The van der Waals surface area contributed by atoms with E-state index in [0.717, 1.165) is 60.5 Å². The van der Waals surface area contributed by atoms with Gasteiger partial charge in [0.2, 0.25) is 0 Å². The number of fused-ring (bicyclic) bond motifs is 1. The van der Waals surface area contributed by atoms with E-state index in [2.05, 4.69) is 6.07 Å². The van der Waals surface area contributed by atoms with E-state index in [4.69, 9.17) is 9.47 Å². The van der Waals surface area contributed by atoms with Crippen LogP contribution in [0.15, 0.2) is 29.2 Å². The van der Waals surface area contributed by atoms with Gasteiger partial charge in [0, 0.05) is 50.4 Å². The van der Waals surface area contributed by atoms with Gasteiger partial charge in [-0.2, -0.15) is 0 Å². The van der Waals surface area contributed by atoms with E-state index >= 15 is 0 Å². The molecule has 5 heteroatoms. The topological polar surface area (TPSA) is 57.5 Å². The summed E-state index contributed by atoms with van der Waals surface area (Å²) in [6.07, 6.45) is 5.68. The summed E-state index contributed by atoms with van der Waals surface area (Å²) in [4.78, 5) is 24.1. The highest BCUT2D eigenvalue weighted by Gasteiger charge is 2.22. The number of rotatable bonds is 4. The van der Waals surface area contributed by atoms with E-state index in [0.29, 0.717) is 25.4 Å². The van der Waals surface area contributed by atoms with Gasteiger partial charge in [0.15, 0.2) is 0 Å². The maximum atomic E-state index is 12.1. The predicted octanol–water partition coefficient (Wildman–Crippen LogP) is 3.22. The second kappa shape index (κ2) is 7.92. The average Bonchev–Trinajstić information content (AvgIpc) is 2.70. The Kier molecular flexibility index (Phi) is 5.36. The van der Waals surface area contributed by atoms with Gasteiger partial charge in [0.1, 0.15) is 11.5 Å². The summed E-state index contributed by atoms with van der Waals surface area (Å²) in [5.41, 5.74) is 4.99. The van der Waals surface area contributed by atoms with Gasteiger partial charge in [0.25, 0.3) is 5.56 Å². The van der Waals surface area contributed by atoms with Gasteiger partial charge >= 0.3 is 0 Å². The van der Waals surface area contributed by atoms with Crippen LogP contribution in [0.1, 0.15) is 36.0 Å². The van der Waals surface area contributed by atoms with Crippen LogP contribution < -0.4 is 10.3 Å². The summed E-state index contributed by atoms with van der Waals surface area (Å²) >= 11 is 0. The third-order valence-electron chi connectivity index (χ3n) is 5.86. The minimum Gasteiger partial charge on any atom is -0.493 e. The molecule has 28 heavy (non-hydrogen) atoms. The van der Waals surface area contributed by atoms with Crippen LogP contribution in [0.25, 0.3) is 11.1 Å². The summed E-state index contributed by atoms with van der Waals surface area (Å²) in [5, 5.41) is 0. The molecule has 148 valence electrons. The third kappa shape index (κ3) is 3.90. The lowest BCUT2D eigenvalue weighted by atomic mass is 9.87. The highest BCUT2D eigenvalue weighted by molar-refractivity contribution is 5.85. The first-order valence-electron chi connectivity index (χ1n) is 10.1. The van der Waals surface area contributed by atoms with E-state index in [1.165, 1.54) is 5.56 Å². The Morgan fingerprint density at radius 2 is 1.89 bits per heavy atom. The van der Waals surface area contributed by atoms with Crippen molar-refractivity contribution in [3.63, 3.8) is 0 Å². The third-order valence-corrected chi connectivity index (χ3v) is 5.86. The van der Waals surface area contributed by atoms with Crippen molar-refractivity contribution >= 4 is 5.78 Å². The normalized spacial score (nSPS) is 17.4. The molecule has 0 radical (unpaired) electrons. The van der Waals surface area contributed by atoms with E-state index in [1.54, 1.807) is 11.6 Å². The summed E-state index contributed by atoms with van der Waals surface area (Å²) in [6, 6.07) is 6.12. The summed E-state index contributed by atoms with van der Waals surface area (Å²) in [5.74, 6) is 1.58. The summed E-state index contributed by atoms with van der Waals surface area (Å²) in [7, 11) is 1.78. The molecule has 1 aliphatic heterocycles. The first-order valence-corrected chi connectivity index (χ1v) is 10.1. The minimum absolute atomic E-state index is 0.0169. The van der Waals surface area contributed by atoms with Crippen LogP contribution in [0.5, 0.6) is 5.75 Å². The number of aromatic nitrogens is 1. The maximum absolute atomic E-state index is 12.1. The second-order valence-electron chi connectivity index (χ2n) is 8.02. The van der Waals surface area contributed by atoms with Crippen molar-refractivity contribution in [1.29, 1.82) is 0 Å². The standard InChI is InChI=1S/C23H27NO4/c1-15-9-19(13-24(2)23(15)26)18-10-17-3-4-20(25)12-21(17)22(11-18)28-14-16-5-7-27-8-6-16/h9-11,13,16H,3-8,12,14H2,1-2H3. The smallest absolute Gasteiger partial charge is 0.253 e. The zero-order valence-corrected chi connectivity index (χ0v) is 16.6. The molecule has 0 atom stereocenters. The zero-order valence-electron chi connectivity index (χ0n) is 16.6. The predicted molar refractivity (Wildman–Crippen MR) is 108 cm³/mol. The van der Waals surface area contributed by atoms with Gasteiger partial charge in [-0.05, 0) is 60.9 Å². The number of ketones is 1. The Morgan fingerprint density at radius 3 is 2.64 bits per heavy atom. The van der Waals surface area contributed by atoms with Crippen LogP contribution in [-0.4, -0.2) is 30.2 Å². The molecule has 5 nitrogen and oxygen atoms in total. The van der Waals surface area contributed by atoms with Crippen LogP contribution >= 0.6 is 0 Å². The lowest BCUT2D eigenvalue weighted by molar-refractivity contribution is -0.118. The molecular formula is C23H27NO4. The van der Waals surface area contributed by atoms with E-state index in [9.17, 15) is 9.59 Å². The lowest BCUT2D eigenvalue weighted by Gasteiger charge is -2.25. The molecule has 1 aromatic heterocycles. The van der Waals surface area contributed by atoms with Crippen molar-refractivity contribution in [2.75, 3.05) is 19.8 Å². The monoisotopic (exact) mass is 381 g/mol. The molecule has 2 aromatic rings. The number of pyridine rings is 1. The van der Waals surface area contributed by atoms with E-state index in [-0.39, 0.29) is 11.3 Å². The molecule has 1 fully saturated rings. The van der Waals surface area contributed by atoms with Crippen molar-refractivity contribution in [3.05, 3.63) is 51.4 Å². The number of hydrogen-bond donors (Lipinski definition) is 0. The van der Waals surface area contributed by atoms with Crippen molar-refractivity contribution in [3.8, 4) is 16.9 Å². The molecule has 0 spiro atoms. The fraction of sp³-hybridized carbons (Fsp3) is 0.478. The van der Waals surface area contributed by atoms with Crippen LogP contribution in [-0.2, 0) is 29.4 Å². The Bertz CT molecular complexity index is 928. The van der Waals surface area contributed by atoms with Gasteiger partial charge in [-0.25, -0.2) is 0 Å². The lowest BCUT2D eigenvalue weighted by Crippen LogP contribution is -2.22. The highest BCUT2D eigenvalue weighted by atomic mass is 16.5. The largest absolute Gasteiger partial charge is 0.493 e. The van der Waals surface area contributed by atoms with Crippen molar-refractivity contribution in [2.45, 2.75) is 39.0 Å². The van der Waals surface area contributed by atoms with Crippen LogP contribution in [0, 0.1) is 12.8 Å². The molecule has 0 N–H and O–H groups in total. The molecule has 0 bridgehead atoms. The SMILES string of the molecule is Cc1cc(-c2cc3c(c(OCC4CCOCC4)c2)CC(=O)CC3)cn(C)c1=O. The number of carbonyl (C=O) groups excluding carboxylic acids is 1. The molecular weight excluding hydrogens is 354 g/mol. The molecule has 2 heterocycles. The number of benzene rings is 1. The molecule has 0 unspecified atom stereocenters. The van der Waals surface area contributed by atoms with Crippen LogP contribution in [0.3, 0.4) is 0 Å². The average molecular weight is 381 g/mol. The molecule has 2 aliphatic rings. The number of ether oxygens (including phenoxy) is 2. The van der Waals surface area contributed by atoms with Gasteiger partial charge < -0.3 is 14.0 Å². The molecule has 0 amide bonds. The van der Waals surface area contributed by atoms with E-state index < -0.39 is 0 Å². The Labute approximate surface area is 165 Å². The van der Waals surface area contributed by atoms with Crippen molar-refractivity contribution in [1.82, 2.24) is 4.57 Å². The number of nitrogens with zero attached hydrogens (tertiary/aromatic N) is 1. The maximum Gasteiger partial charge on any atom is 0.253 e. The van der Waals surface area contributed by atoms with Crippen molar-refractivity contribution in [2.24, 2.45) is 13.0 Å². The Morgan fingerprint density at radius 1 is 1.11 bits per heavy atom. The van der Waals surface area contributed by atoms with Gasteiger partial charge in [-0.3, -0.25) is 9.59 Å². The number of aryl methyl sites for hydroxylation is 3. The molecule has 0 saturated carbocycles. The van der Waals surface area contributed by atoms with Crippen LogP contribution in [0.4, 0.5) is 0 Å². The number of carbonyl (C=O) groups is 1. The minimum atomic E-state index is 0.0169. The molecule has 1 aliphatic carbocycles. The van der Waals surface area contributed by atoms with Gasteiger partial charge in [0.05, 0.1) is 6.61 Å².